The average Bonchev–Trinajstić information content (AvgIpc) is 2.73. The van der Waals surface area contributed by atoms with E-state index in [1.807, 2.05) is 12.1 Å². The fraction of sp³-hybridized carbons (Fsp3) is 0.708. The quantitative estimate of drug-likeness (QED) is 0.691. The minimum atomic E-state index is -3.16. The lowest BCUT2D eigenvalue weighted by Gasteiger charge is -2.39. The molecule has 1 aromatic carbocycles. The van der Waals surface area contributed by atoms with Crippen LogP contribution in [0.15, 0.2) is 24.3 Å². The summed E-state index contributed by atoms with van der Waals surface area (Å²) in [7, 11) is -3.16. The SMILES string of the molecule is CC(C)N1CC[C@@H](CCc2ccc(NC(=O)C3CCN(S(C)(=O)=O)CC3)cc2)[C@@H](C)C1. The number of amides is 1. The van der Waals surface area contributed by atoms with Crippen molar-refractivity contribution in [3.05, 3.63) is 29.8 Å². The summed E-state index contributed by atoms with van der Waals surface area (Å²) in [6, 6.07) is 8.86. The van der Waals surface area contributed by atoms with Crippen molar-refractivity contribution >= 4 is 21.6 Å². The van der Waals surface area contributed by atoms with Gasteiger partial charge in [0.15, 0.2) is 0 Å². The van der Waals surface area contributed by atoms with Crippen molar-refractivity contribution in [3.8, 4) is 0 Å². The molecule has 174 valence electrons. The van der Waals surface area contributed by atoms with Crippen molar-refractivity contribution in [2.45, 2.75) is 58.9 Å². The largest absolute Gasteiger partial charge is 0.326 e. The zero-order chi connectivity index (χ0) is 22.6. The van der Waals surface area contributed by atoms with Crippen LogP contribution in [0.4, 0.5) is 5.69 Å². The fourth-order valence-corrected chi connectivity index (χ4v) is 5.80. The third-order valence-corrected chi connectivity index (χ3v) is 8.47. The molecule has 0 spiro atoms. The molecule has 3 rings (SSSR count). The minimum absolute atomic E-state index is 0.00774. The van der Waals surface area contributed by atoms with Crippen molar-refractivity contribution < 1.29 is 13.2 Å². The average molecular weight is 450 g/mol. The molecule has 2 fully saturated rings. The number of hydrogen-bond donors (Lipinski definition) is 1. The molecule has 2 atom stereocenters. The molecule has 1 aromatic rings. The van der Waals surface area contributed by atoms with Gasteiger partial charge in [-0.25, -0.2) is 12.7 Å². The molecule has 0 aliphatic carbocycles. The minimum Gasteiger partial charge on any atom is -0.326 e. The van der Waals surface area contributed by atoms with Gasteiger partial charge in [0, 0.05) is 37.3 Å². The van der Waals surface area contributed by atoms with Gasteiger partial charge in [-0.2, -0.15) is 0 Å². The first-order valence-electron chi connectivity index (χ1n) is 11.7. The molecular formula is C24H39N3O3S. The van der Waals surface area contributed by atoms with Gasteiger partial charge in [-0.15, -0.1) is 0 Å². The number of hydrogen-bond acceptors (Lipinski definition) is 4. The number of nitrogens with one attached hydrogen (secondary N) is 1. The number of carbonyl (C=O) groups is 1. The maximum Gasteiger partial charge on any atom is 0.227 e. The van der Waals surface area contributed by atoms with E-state index < -0.39 is 10.0 Å². The summed E-state index contributed by atoms with van der Waals surface area (Å²) in [5.74, 6) is 1.39. The lowest BCUT2D eigenvalue weighted by atomic mass is 9.82. The van der Waals surface area contributed by atoms with Crippen LogP contribution in [0.1, 0.15) is 52.0 Å². The van der Waals surface area contributed by atoms with Crippen molar-refractivity contribution in [2.24, 2.45) is 17.8 Å². The van der Waals surface area contributed by atoms with Crippen LogP contribution in [-0.4, -0.2) is 62.0 Å². The molecule has 1 amide bonds. The lowest BCUT2D eigenvalue weighted by Crippen LogP contribution is -2.43. The van der Waals surface area contributed by atoms with Crippen LogP contribution in [0.3, 0.4) is 0 Å². The molecule has 31 heavy (non-hydrogen) atoms. The summed E-state index contributed by atoms with van der Waals surface area (Å²) >= 11 is 0. The topological polar surface area (TPSA) is 69.7 Å². The van der Waals surface area contributed by atoms with Gasteiger partial charge >= 0.3 is 0 Å². The molecule has 2 heterocycles. The second-order valence-corrected chi connectivity index (χ2v) is 11.8. The Hall–Kier alpha value is -1.44. The summed E-state index contributed by atoms with van der Waals surface area (Å²) in [4.78, 5) is 15.2. The molecule has 0 radical (unpaired) electrons. The maximum absolute atomic E-state index is 12.6. The predicted octanol–water partition coefficient (Wildman–Crippen LogP) is 3.60. The Morgan fingerprint density at radius 3 is 2.29 bits per heavy atom. The van der Waals surface area contributed by atoms with Crippen molar-refractivity contribution in [1.82, 2.24) is 9.21 Å². The molecule has 0 bridgehead atoms. The number of piperidine rings is 2. The van der Waals surface area contributed by atoms with Gasteiger partial charge < -0.3 is 10.2 Å². The van der Waals surface area contributed by atoms with E-state index in [1.165, 1.54) is 42.1 Å². The Labute approximate surface area is 188 Å². The molecule has 2 aliphatic heterocycles. The van der Waals surface area contributed by atoms with Crippen molar-refractivity contribution in [2.75, 3.05) is 37.8 Å². The highest BCUT2D eigenvalue weighted by molar-refractivity contribution is 7.88. The summed E-state index contributed by atoms with van der Waals surface area (Å²) in [6.45, 7) is 10.2. The second-order valence-electron chi connectivity index (χ2n) is 9.78. The maximum atomic E-state index is 12.6. The first-order valence-corrected chi connectivity index (χ1v) is 13.6. The van der Waals surface area contributed by atoms with Crippen molar-refractivity contribution in [1.29, 1.82) is 0 Å². The van der Waals surface area contributed by atoms with Gasteiger partial charge in [-0.05, 0) is 82.0 Å². The smallest absolute Gasteiger partial charge is 0.227 e. The van der Waals surface area contributed by atoms with E-state index in [-0.39, 0.29) is 11.8 Å². The standard InChI is InChI=1S/C24H39N3O3S/c1-18(2)26-14-11-21(19(3)17-26)8-5-20-6-9-23(10-7-20)25-24(28)22-12-15-27(16-13-22)31(4,29)30/h6-7,9-10,18-19,21-22H,5,8,11-17H2,1-4H3,(H,25,28)/t19-,21+/m0/s1. The van der Waals surface area contributed by atoms with E-state index in [9.17, 15) is 13.2 Å². The molecular weight excluding hydrogens is 410 g/mol. The van der Waals surface area contributed by atoms with E-state index in [0.717, 1.165) is 23.9 Å². The van der Waals surface area contributed by atoms with Crippen LogP contribution >= 0.6 is 0 Å². The molecule has 2 saturated heterocycles. The number of sulfonamides is 1. The van der Waals surface area contributed by atoms with E-state index in [0.29, 0.717) is 32.0 Å². The summed E-state index contributed by atoms with van der Waals surface area (Å²) in [5, 5.41) is 3.01. The van der Waals surface area contributed by atoms with Crippen LogP contribution in [-0.2, 0) is 21.2 Å². The normalized spacial score (nSPS) is 24.4. The number of likely N-dealkylation sites (tertiary alicyclic amines) is 1. The zero-order valence-corrected chi connectivity index (χ0v) is 20.3. The van der Waals surface area contributed by atoms with Gasteiger partial charge in [-0.3, -0.25) is 4.79 Å². The van der Waals surface area contributed by atoms with Crippen LogP contribution in [0.5, 0.6) is 0 Å². The van der Waals surface area contributed by atoms with Crippen LogP contribution in [0.25, 0.3) is 0 Å². The first kappa shape index (κ1) is 24.2. The first-order chi connectivity index (χ1) is 14.6. The van der Waals surface area contributed by atoms with Gasteiger partial charge in [-0.1, -0.05) is 19.1 Å². The number of rotatable bonds is 7. The van der Waals surface area contributed by atoms with Crippen molar-refractivity contribution in [3.63, 3.8) is 0 Å². The second kappa shape index (κ2) is 10.5. The van der Waals surface area contributed by atoms with E-state index in [2.05, 4.69) is 43.1 Å². The van der Waals surface area contributed by atoms with Gasteiger partial charge in [0.05, 0.1) is 6.26 Å². The van der Waals surface area contributed by atoms with E-state index in [1.54, 1.807) is 0 Å². The van der Waals surface area contributed by atoms with E-state index in [4.69, 9.17) is 0 Å². The number of carbonyl (C=O) groups excluding carboxylic acids is 1. The highest BCUT2D eigenvalue weighted by atomic mass is 32.2. The Kier molecular flexibility index (Phi) is 8.16. The zero-order valence-electron chi connectivity index (χ0n) is 19.5. The number of aryl methyl sites for hydroxylation is 1. The summed E-state index contributed by atoms with van der Waals surface area (Å²) in [5.41, 5.74) is 2.14. The molecule has 1 N–H and O–H groups in total. The van der Waals surface area contributed by atoms with E-state index >= 15 is 0 Å². The fourth-order valence-electron chi connectivity index (χ4n) is 4.93. The molecule has 7 heteroatoms. The van der Waals surface area contributed by atoms with Gasteiger partial charge in [0.2, 0.25) is 15.9 Å². The third-order valence-electron chi connectivity index (χ3n) is 7.16. The highest BCUT2D eigenvalue weighted by Gasteiger charge is 2.29. The number of anilines is 1. The van der Waals surface area contributed by atoms with Gasteiger partial charge in [0.25, 0.3) is 0 Å². The van der Waals surface area contributed by atoms with Gasteiger partial charge in [0.1, 0.15) is 0 Å². The monoisotopic (exact) mass is 449 g/mol. The highest BCUT2D eigenvalue weighted by Crippen LogP contribution is 2.29. The molecule has 0 aromatic heterocycles. The third kappa shape index (κ3) is 6.77. The molecule has 2 aliphatic rings. The summed E-state index contributed by atoms with van der Waals surface area (Å²) in [6.07, 6.45) is 5.96. The lowest BCUT2D eigenvalue weighted by molar-refractivity contribution is -0.120. The Morgan fingerprint density at radius 2 is 1.74 bits per heavy atom. The Bertz CT molecular complexity index is 830. The van der Waals surface area contributed by atoms with Crippen LogP contribution < -0.4 is 5.32 Å². The Balaban J connectivity index is 1.44. The summed E-state index contributed by atoms with van der Waals surface area (Å²) < 4.78 is 24.7. The van der Waals surface area contributed by atoms with Crippen LogP contribution in [0.2, 0.25) is 0 Å². The molecule has 0 unspecified atom stereocenters. The molecule has 0 saturated carbocycles. The van der Waals surface area contributed by atoms with Crippen LogP contribution in [0, 0.1) is 17.8 Å². The Morgan fingerprint density at radius 1 is 1.10 bits per heavy atom. The number of benzene rings is 1. The number of nitrogens with zero attached hydrogens (tertiary/aromatic N) is 2. The molecule has 6 nitrogen and oxygen atoms in total. The predicted molar refractivity (Wildman–Crippen MR) is 127 cm³/mol.